The fraction of sp³-hybridized carbons (Fsp3) is 0.500. The van der Waals surface area contributed by atoms with E-state index >= 15 is 0 Å². The van der Waals surface area contributed by atoms with E-state index in [1.807, 2.05) is 6.07 Å². The molecular weight excluding hydrogens is 176 g/mol. The van der Waals surface area contributed by atoms with Crippen LogP contribution >= 0.6 is 0 Å². The normalized spacial score (nSPS) is 16.4. The molecule has 0 aliphatic heterocycles. The monoisotopic (exact) mass is 192 g/mol. The summed E-state index contributed by atoms with van der Waals surface area (Å²) in [7, 11) is 0. The molecule has 1 aromatic carbocycles. The minimum atomic E-state index is -0.400. The quantitative estimate of drug-likeness (QED) is 0.793. The van der Waals surface area contributed by atoms with Gasteiger partial charge in [0.05, 0.1) is 6.10 Å². The zero-order valence-corrected chi connectivity index (χ0v) is 8.49. The molecule has 0 fully saturated rings. The lowest BCUT2D eigenvalue weighted by Gasteiger charge is -2.09. The van der Waals surface area contributed by atoms with Gasteiger partial charge in [-0.1, -0.05) is 6.07 Å². The number of benzene rings is 1. The van der Waals surface area contributed by atoms with Crippen LogP contribution in [-0.2, 0) is 12.8 Å². The predicted octanol–water partition coefficient (Wildman–Crippen LogP) is 1.93. The van der Waals surface area contributed by atoms with Crippen LogP contribution in [0, 0.1) is 0 Å². The Morgan fingerprint density at radius 2 is 2.14 bits per heavy atom. The van der Waals surface area contributed by atoms with E-state index in [2.05, 4.69) is 12.1 Å². The first-order chi connectivity index (χ1) is 6.75. The van der Waals surface area contributed by atoms with Crippen molar-refractivity contribution in [1.82, 2.24) is 0 Å². The van der Waals surface area contributed by atoms with Gasteiger partial charge in [-0.2, -0.15) is 0 Å². The molecule has 1 aliphatic carbocycles. The number of aryl methyl sites for hydroxylation is 2. The van der Waals surface area contributed by atoms with Crippen molar-refractivity contribution < 1.29 is 9.84 Å². The van der Waals surface area contributed by atoms with Crippen molar-refractivity contribution in [2.45, 2.75) is 32.3 Å². The van der Waals surface area contributed by atoms with Crippen LogP contribution in [0.25, 0.3) is 0 Å². The van der Waals surface area contributed by atoms with Gasteiger partial charge in [0, 0.05) is 0 Å². The molecule has 0 heterocycles. The van der Waals surface area contributed by atoms with Crippen molar-refractivity contribution in [3.05, 3.63) is 29.3 Å². The van der Waals surface area contributed by atoms with Gasteiger partial charge < -0.3 is 9.84 Å². The number of fused-ring (bicyclic) bond motifs is 1. The molecule has 2 heteroatoms. The van der Waals surface area contributed by atoms with Crippen molar-refractivity contribution in [1.29, 1.82) is 0 Å². The van der Waals surface area contributed by atoms with Crippen molar-refractivity contribution in [3.63, 3.8) is 0 Å². The van der Waals surface area contributed by atoms with Crippen LogP contribution in [0.3, 0.4) is 0 Å². The first kappa shape index (κ1) is 9.53. The molecule has 76 valence electrons. The molecule has 2 nitrogen and oxygen atoms in total. The van der Waals surface area contributed by atoms with Crippen molar-refractivity contribution >= 4 is 0 Å². The van der Waals surface area contributed by atoms with E-state index in [0.29, 0.717) is 6.61 Å². The summed E-state index contributed by atoms with van der Waals surface area (Å²) >= 11 is 0. The highest BCUT2D eigenvalue weighted by atomic mass is 16.5. The van der Waals surface area contributed by atoms with Crippen LogP contribution in [0.1, 0.15) is 24.5 Å². The second-order valence-corrected chi connectivity index (χ2v) is 3.94. The summed E-state index contributed by atoms with van der Waals surface area (Å²) in [6.07, 6.45) is 3.23. The number of ether oxygens (including phenoxy) is 1. The summed E-state index contributed by atoms with van der Waals surface area (Å²) in [5.41, 5.74) is 2.86. The summed E-state index contributed by atoms with van der Waals surface area (Å²) in [5, 5.41) is 9.08. The molecule has 1 atom stereocenters. The van der Waals surface area contributed by atoms with E-state index in [1.165, 1.54) is 30.4 Å². The smallest absolute Gasteiger partial charge is 0.119 e. The average Bonchev–Trinajstić information content (AvgIpc) is 2.61. The Labute approximate surface area is 84.5 Å². The fourth-order valence-corrected chi connectivity index (χ4v) is 1.85. The Morgan fingerprint density at radius 3 is 2.93 bits per heavy atom. The maximum absolute atomic E-state index is 9.08. The zero-order chi connectivity index (χ0) is 9.97. The van der Waals surface area contributed by atoms with Gasteiger partial charge in [-0.3, -0.25) is 0 Å². The predicted molar refractivity (Wildman–Crippen MR) is 55.6 cm³/mol. The van der Waals surface area contributed by atoms with Gasteiger partial charge in [0.15, 0.2) is 0 Å². The number of aliphatic hydroxyl groups excluding tert-OH is 1. The van der Waals surface area contributed by atoms with Crippen molar-refractivity contribution in [2.75, 3.05) is 6.61 Å². The maximum atomic E-state index is 9.08. The Hall–Kier alpha value is -1.02. The molecule has 1 aromatic rings. The lowest BCUT2D eigenvalue weighted by molar-refractivity contribution is 0.122. The lowest BCUT2D eigenvalue weighted by atomic mass is 10.1. The molecule has 14 heavy (non-hydrogen) atoms. The molecular formula is C12H16O2. The third-order valence-corrected chi connectivity index (χ3v) is 2.56. The lowest BCUT2D eigenvalue weighted by Crippen LogP contribution is -2.12. The van der Waals surface area contributed by atoms with Gasteiger partial charge in [0.2, 0.25) is 0 Å². The standard InChI is InChI=1S/C12H16O2/c1-9(13)8-14-12-6-5-10-3-2-4-11(10)7-12/h5-7,9,13H,2-4,8H2,1H3/t9-/m0/s1. The van der Waals surface area contributed by atoms with Crippen LogP contribution < -0.4 is 4.74 Å². The number of aliphatic hydroxyl groups is 1. The molecule has 0 unspecified atom stereocenters. The number of rotatable bonds is 3. The zero-order valence-electron chi connectivity index (χ0n) is 8.49. The number of hydrogen-bond donors (Lipinski definition) is 1. The van der Waals surface area contributed by atoms with Gasteiger partial charge in [0.25, 0.3) is 0 Å². The van der Waals surface area contributed by atoms with Gasteiger partial charge in [0.1, 0.15) is 12.4 Å². The van der Waals surface area contributed by atoms with Gasteiger partial charge in [-0.05, 0) is 49.4 Å². The molecule has 0 saturated carbocycles. The van der Waals surface area contributed by atoms with E-state index in [0.717, 1.165) is 5.75 Å². The van der Waals surface area contributed by atoms with Crippen LogP contribution in [-0.4, -0.2) is 17.8 Å². The highest BCUT2D eigenvalue weighted by Crippen LogP contribution is 2.25. The molecule has 1 aliphatic rings. The summed E-state index contributed by atoms with van der Waals surface area (Å²) in [6.45, 7) is 2.10. The highest BCUT2D eigenvalue weighted by Gasteiger charge is 2.11. The van der Waals surface area contributed by atoms with Crippen molar-refractivity contribution in [2.24, 2.45) is 0 Å². The van der Waals surface area contributed by atoms with Crippen LogP contribution in [0.4, 0.5) is 0 Å². The second kappa shape index (κ2) is 4.01. The largest absolute Gasteiger partial charge is 0.491 e. The summed E-state index contributed by atoms with van der Waals surface area (Å²) < 4.78 is 5.44. The van der Waals surface area contributed by atoms with Gasteiger partial charge in [-0.15, -0.1) is 0 Å². The SMILES string of the molecule is C[C@H](O)COc1ccc2c(c1)CCC2. The molecule has 2 rings (SSSR count). The Balaban J connectivity index is 2.05. The molecule has 0 spiro atoms. The van der Waals surface area contributed by atoms with Crippen LogP contribution in [0.5, 0.6) is 5.75 Å². The van der Waals surface area contributed by atoms with Crippen molar-refractivity contribution in [3.8, 4) is 5.75 Å². The fourth-order valence-electron chi connectivity index (χ4n) is 1.85. The molecule has 0 saturated heterocycles. The van der Waals surface area contributed by atoms with E-state index in [4.69, 9.17) is 9.84 Å². The van der Waals surface area contributed by atoms with Crippen LogP contribution in [0.2, 0.25) is 0 Å². The Bertz CT molecular complexity index is 318. The topological polar surface area (TPSA) is 29.5 Å². The second-order valence-electron chi connectivity index (χ2n) is 3.94. The first-order valence-electron chi connectivity index (χ1n) is 5.18. The Kier molecular flexibility index (Phi) is 2.73. The maximum Gasteiger partial charge on any atom is 0.119 e. The molecule has 0 bridgehead atoms. The molecule has 0 aromatic heterocycles. The molecule has 0 amide bonds. The van der Waals surface area contributed by atoms with E-state index in [-0.39, 0.29) is 0 Å². The third kappa shape index (κ3) is 2.07. The third-order valence-electron chi connectivity index (χ3n) is 2.56. The minimum Gasteiger partial charge on any atom is -0.491 e. The Morgan fingerprint density at radius 1 is 1.36 bits per heavy atom. The van der Waals surface area contributed by atoms with Gasteiger partial charge in [-0.25, -0.2) is 0 Å². The van der Waals surface area contributed by atoms with E-state index in [1.54, 1.807) is 6.92 Å². The summed E-state index contributed by atoms with van der Waals surface area (Å²) in [5.74, 6) is 0.881. The molecule has 0 radical (unpaired) electrons. The summed E-state index contributed by atoms with van der Waals surface area (Å²) in [4.78, 5) is 0. The van der Waals surface area contributed by atoms with E-state index < -0.39 is 6.10 Å². The van der Waals surface area contributed by atoms with Crippen LogP contribution in [0.15, 0.2) is 18.2 Å². The number of hydrogen-bond acceptors (Lipinski definition) is 2. The first-order valence-corrected chi connectivity index (χ1v) is 5.18. The highest BCUT2D eigenvalue weighted by molar-refractivity contribution is 5.38. The average molecular weight is 192 g/mol. The van der Waals surface area contributed by atoms with E-state index in [9.17, 15) is 0 Å². The summed E-state index contributed by atoms with van der Waals surface area (Å²) in [6, 6.07) is 6.23. The van der Waals surface area contributed by atoms with Gasteiger partial charge >= 0.3 is 0 Å². The molecule has 1 N–H and O–H groups in total. The minimum absolute atomic E-state index is 0.374.